The highest BCUT2D eigenvalue weighted by Crippen LogP contribution is 2.43. The molecule has 0 radical (unpaired) electrons. The summed E-state index contributed by atoms with van der Waals surface area (Å²) in [5.74, 6) is 1.10. The number of amides is 2. The van der Waals surface area contributed by atoms with E-state index in [0.717, 1.165) is 30.6 Å². The van der Waals surface area contributed by atoms with Crippen LogP contribution >= 0.6 is 11.3 Å². The zero-order valence-corrected chi connectivity index (χ0v) is 14.6. The van der Waals surface area contributed by atoms with Gasteiger partial charge in [-0.15, -0.1) is 11.3 Å². The Kier molecular flexibility index (Phi) is 4.35. The van der Waals surface area contributed by atoms with Gasteiger partial charge in [-0.1, -0.05) is 12.5 Å². The summed E-state index contributed by atoms with van der Waals surface area (Å²) in [5.41, 5.74) is 6.36. The largest absolute Gasteiger partial charge is 0.352 e. The lowest BCUT2D eigenvalue weighted by Gasteiger charge is -2.45. The number of nitrogens with two attached hydrogens (primary N) is 1. The number of hydrogen-bond acceptors (Lipinski definition) is 4. The second-order valence-corrected chi connectivity index (χ2v) is 8.42. The molecule has 1 aromatic rings. The number of piperazine rings is 1. The molecule has 3 fully saturated rings. The Labute approximate surface area is 146 Å². The molecule has 3 atom stereocenters. The van der Waals surface area contributed by atoms with Crippen molar-refractivity contribution in [1.82, 2.24) is 10.2 Å². The van der Waals surface area contributed by atoms with Crippen LogP contribution in [0.5, 0.6) is 0 Å². The highest BCUT2D eigenvalue weighted by molar-refractivity contribution is 7.10. The first-order valence-electron chi connectivity index (χ1n) is 9.02. The van der Waals surface area contributed by atoms with Crippen LogP contribution in [0.25, 0.3) is 0 Å². The van der Waals surface area contributed by atoms with Crippen molar-refractivity contribution in [3.63, 3.8) is 0 Å². The van der Waals surface area contributed by atoms with Gasteiger partial charge in [0.05, 0.1) is 0 Å². The highest BCUT2D eigenvalue weighted by atomic mass is 32.1. The van der Waals surface area contributed by atoms with Crippen LogP contribution in [0.3, 0.4) is 0 Å². The Hall–Kier alpha value is -1.40. The molecular formula is C18H25N3O2S. The minimum Gasteiger partial charge on any atom is -0.352 e. The Bertz CT molecular complexity index is 604. The van der Waals surface area contributed by atoms with E-state index < -0.39 is 6.04 Å². The molecular weight excluding hydrogens is 322 g/mol. The lowest BCUT2D eigenvalue weighted by molar-refractivity contribution is -0.148. The summed E-state index contributed by atoms with van der Waals surface area (Å²) in [6.45, 7) is 1.15. The van der Waals surface area contributed by atoms with Gasteiger partial charge in [-0.05, 0) is 49.0 Å². The topological polar surface area (TPSA) is 75.4 Å². The standard InChI is InChI=1S/C18H25N3O2S/c19-15-11-3-1-4-12(15)10-13(9-11)18(23)21-7-6-20-17(22)16(21)14-5-2-8-24-14/h2,5,8,11-13,15-16H,1,3-4,6-7,9-10,19H2,(H,20,22). The second kappa shape index (κ2) is 6.48. The van der Waals surface area contributed by atoms with Crippen LogP contribution in [0.2, 0.25) is 0 Å². The van der Waals surface area contributed by atoms with Crippen molar-refractivity contribution in [2.45, 2.75) is 44.2 Å². The molecule has 0 aromatic carbocycles. The third kappa shape index (κ3) is 2.75. The Morgan fingerprint density at radius 2 is 2.04 bits per heavy atom. The quantitative estimate of drug-likeness (QED) is 0.858. The van der Waals surface area contributed by atoms with Crippen LogP contribution in [-0.2, 0) is 9.59 Å². The average Bonchev–Trinajstić information content (AvgIpc) is 3.07. The van der Waals surface area contributed by atoms with E-state index in [2.05, 4.69) is 5.32 Å². The molecule has 2 bridgehead atoms. The molecule has 5 nitrogen and oxygen atoms in total. The first kappa shape index (κ1) is 16.1. The first-order chi connectivity index (χ1) is 11.6. The van der Waals surface area contributed by atoms with Crippen molar-refractivity contribution >= 4 is 23.2 Å². The molecule has 2 aliphatic carbocycles. The number of nitrogens with one attached hydrogen (secondary N) is 1. The number of hydrogen-bond donors (Lipinski definition) is 2. The third-order valence-corrected chi connectivity index (χ3v) is 6.99. The molecule has 3 N–H and O–H groups in total. The van der Waals surface area contributed by atoms with Crippen molar-refractivity contribution in [3.8, 4) is 0 Å². The fourth-order valence-electron chi connectivity index (χ4n) is 4.86. The highest BCUT2D eigenvalue weighted by Gasteiger charge is 2.44. The molecule has 24 heavy (non-hydrogen) atoms. The van der Waals surface area contributed by atoms with E-state index in [4.69, 9.17) is 5.73 Å². The number of rotatable bonds is 2. The molecule has 6 heteroatoms. The van der Waals surface area contributed by atoms with Crippen LogP contribution in [0.4, 0.5) is 0 Å². The summed E-state index contributed by atoms with van der Waals surface area (Å²) in [6, 6.07) is 3.70. The molecule has 2 heterocycles. The maximum Gasteiger partial charge on any atom is 0.248 e. The summed E-state index contributed by atoms with van der Waals surface area (Å²) in [4.78, 5) is 28.4. The van der Waals surface area contributed by atoms with Gasteiger partial charge in [0.1, 0.15) is 6.04 Å². The van der Waals surface area contributed by atoms with Gasteiger partial charge in [-0.25, -0.2) is 0 Å². The second-order valence-electron chi connectivity index (χ2n) is 7.44. The van der Waals surface area contributed by atoms with E-state index in [-0.39, 0.29) is 23.8 Å². The van der Waals surface area contributed by atoms with Crippen molar-refractivity contribution < 1.29 is 9.59 Å². The molecule has 1 saturated heterocycles. The van der Waals surface area contributed by atoms with Crippen molar-refractivity contribution in [2.24, 2.45) is 23.5 Å². The molecule has 130 valence electrons. The smallest absolute Gasteiger partial charge is 0.248 e. The van der Waals surface area contributed by atoms with Gasteiger partial charge < -0.3 is 16.0 Å². The number of carbonyl (C=O) groups excluding carboxylic acids is 2. The predicted octanol–water partition coefficient (Wildman–Crippen LogP) is 1.90. The van der Waals surface area contributed by atoms with Gasteiger partial charge in [0.2, 0.25) is 11.8 Å². The maximum atomic E-state index is 13.3. The summed E-state index contributed by atoms with van der Waals surface area (Å²) in [5, 5.41) is 4.87. The lowest BCUT2D eigenvalue weighted by atomic mass is 9.65. The van der Waals surface area contributed by atoms with E-state index in [9.17, 15) is 9.59 Å². The monoisotopic (exact) mass is 347 g/mol. The normalized spacial score (nSPS) is 36.3. The van der Waals surface area contributed by atoms with Crippen molar-refractivity contribution in [3.05, 3.63) is 22.4 Å². The molecule has 3 aliphatic rings. The fraction of sp³-hybridized carbons (Fsp3) is 0.667. The van der Waals surface area contributed by atoms with Gasteiger partial charge >= 0.3 is 0 Å². The number of fused-ring (bicyclic) bond motifs is 2. The molecule has 1 aromatic heterocycles. The lowest BCUT2D eigenvalue weighted by Crippen LogP contribution is -2.55. The van der Waals surface area contributed by atoms with E-state index in [1.54, 1.807) is 11.3 Å². The van der Waals surface area contributed by atoms with Crippen molar-refractivity contribution in [1.29, 1.82) is 0 Å². The van der Waals surface area contributed by atoms with E-state index in [0.29, 0.717) is 24.9 Å². The summed E-state index contributed by atoms with van der Waals surface area (Å²) >= 11 is 1.54. The molecule has 2 amide bonds. The Balaban J connectivity index is 1.55. The molecule has 3 unspecified atom stereocenters. The SMILES string of the molecule is NC1C2CCCC1CC(C(=O)N1CCNC(=O)C1c1cccs1)C2. The minimum absolute atomic E-state index is 0.0356. The maximum absolute atomic E-state index is 13.3. The van der Waals surface area contributed by atoms with Crippen LogP contribution in [0.1, 0.15) is 43.0 Å². The zero-order valence-electron chi connectivity index (χ0n) is 13.8. The predicted molar refractivity (Wildman–Crippen MR) is 93.3 cm³/mol. The van der Waals surface area contributed by atoms with Crippen LogP contribution in [-0.4, -0.2) is 35.8 Å². The van der Waals surface area contributed by atoms with Gasteiger partial charge in [0.25, 0.3) is 0 Å². The van der Waals surface area contributed by atoms with E-state index in [1.807, 2.05) is 22.4 Å². The molecule has 1 aliphatic heterocycles. The Morgan fingerprint density at radius 1 is 1.29 bits per heavy atom. The van der Waals surface area contributed by atoms with E-state index in [1.165, 1.54) is 6.42 Å². The fourth-order valence-corrected chi connectivity index (χ4v) is 5.69. The van der Waals surface area contributed by atoms with Gasteiger partial charge in [-0.3, -0.25) is 9.59 Å². The third-order valence-electron chi connectivity index (χ3n) is 6.07. The summed E-state index contributed by atoms with van der Waals surface area (Å²) in [7, 11) is 0. The average molecular weight is 347 g/mol. The van der Waals surface area contributed by atoms with Gasteiger partial charge in [0.15, 0.2) is 0 Å². The molecule has 4 rings (SSSR count). The zero-order chi connectivity index (χ0) is 16.7. The summed E-state index contributed by atoms with van der Waals surface area (Å²) < 4.78 is 0. The van der Waals surface area contributed by atoms with E-state index >= 15 is 0 Å². The van der Waals surface area contributed by atoms with Gasteiger partial charge in [0, 0.05) is 29.9 Å². The Morgan fingerprint density at radius 3 is 2.71 bits per heavy atom. The minimum atomic E-state index is -0.457. The number of nitrogens with zero attached hydrogens (tertiary/aromatic N) is 1. The van der Waals surface area contributed by atoms with Crippen LogP contribution < -0.4 is 11.1 Å². The van der Waals surface area contributed by atoms with Crippen LogP contribution in [0.15, 0.2) is 17.5 Å². The number of carbonyl (C=O) groups is 2. The number of thiophene rings is 1. The first-order valence-corrected chi connectivity index (χ1v) is 9.90. The summed E-state index contributed by atoms with van der Waals surface area (Å²) in [6.07, 6.45) is 5.33. The molecule has 2 saturated carbocycles. The van der Waals surface area contributed by atoms with Gasteiger partial charge in [-0.2, -0.15) is 0 Å². The van der Waals surface area contributed by atoms with Crippen molar-refractivity contribution in [2.75, 3.05) is 13.1 Å². The molecule has 0 spiro atoms. The van der Waals surface area contributed by atoms with Crippen LogP contribution in [0, 0.1) is 17.8 Å².